The summed E-state index contributed by atoms with van der Waals surface area (Å²) in [5.74, 6) is -0.0661. The SMILES string of the molecule is CCCn1cc(CNC(=O)C2(CNC(=O)OC(C)(C)C)CC2)nn1. The van der Waals surface area contributed by atoms with Crippen LogP contribution in [0.3, 0.4) is 0 Å². The molecule has 0 spiro atoms. The third-order valence-electron chi connectivity index (χ3n) is 3.77. The van der Waals surface area contributed by atoms with E-state index in [1.54, 1.807) is 25.5 Å². The average Bonchev–Trinajstić information content (AvgIpc) is 3.15. The lowest BCUT2D eigenvalue weighted by Gasteiger charge is -2.21. The molecular formula is C16H27N5O3. The number of alkyl carbamates (subject to hydrolysis) is 1. The number of rotatable bonds is 7. The largest absolute Gasteiger partial charge is 0.444 e. The molecule has 0 unspecified atom stereocenters. The van der Waals surface area contributed by atoms with E-state index in [2.05, 4.69) is 27.9 Å². The van der Waals surface area contributed by atoms with E-state index in [0.717, 1.165) is 31.5 Å². The van der Waals surface area contributed by atoms with E-state index < -0.39 is 17.1 Å². The first-order valence-electron chi connectivity index (χ1n) is 8.38. The first kappa shape index (κ1) is 18.2. The Labute approximate surface area is 142 Å². The smallest absolute Gasteiger partial charge is 0.407 e. The Balaban J connectivity index is 1.77. The van der Waals surface area contributed by atoms with Crippen molar-refractivity contribution in [2.75, 3.05) is 6.54 Å². The lowest BCUT2D eigenvalue weighted by Crippen LogP contribution is -2.41. The third kappa shape index (κ3) is 5.21. The molecule has 1 saturated carbocycles. The van der Waals surface area contributed by atoms with Gasteiger partial charge in [0, 0.05) is 13.1 Å². The molecule has 24 heavy (non-hydrogen) atoms. The minimum atomic E-state index is -0.548. The molecule has 1 aromatic rings. The van der Waals surface area contributed by atoms with Crippen molar-refractivity contribution in [3.05, 3.63) is 11.9 Å². The van der Waals surface area contributed by atoms with Crippen molar-refractivity contribution in [2.24, 2.45) is 5.41 Å². The van der Waals surface area contributed by atoms with Gasteiger partial charge < -0.3 is 15.4 Å². The lowest BCUT2D eigenvalue weighted by atomic mass is 10.1. The standard InChI is InChI=1S/C16H27N5O3/c1-5-8-21-10-12(19-20-21)9-17-13(22)16(6-7-16)11-18-14(23)24-15(2,3)4/h10H,5-9,11H2,1-4H3,(H,17,22)(H,18,23). The second-order valence-corrected chi connectivity index (χ2v) is 7.29. The summed E-state index contributed by atoms with van der Waals surface area (Å²) in [5, 5.41) is 13.6. The second kappa shape index (κ2) is 7.19. The van der Waals surface area contributed by atoms with Crippen molar-refractivity contribution in [1.29, 1.82) is 0 Å². The van der Waals surface area contributed by atoms with Crippen LogP contribution in [-0.2, 0) is 22.6 Å². The van der Waals surface area contributed by atoms with Crippen molar-refractivity contribution in [3.63, 3.8) is 0 Å². The predicted molar refractivity (Wildman–Crippen MR) is 88.1 cm³/mol. The van der Waals surface area contributed by atoms with Crippen LogP contribution in [0.4, 0.5) is 4.79 Å². The molecule has 2 N–H and O–H groups in total. The second-order valence-electron chi connectivity index (χ2n) is 7.29. The van der Waals surface area contributed by atoms with Crippen molar-refractivity contribution in [1.82, 2.24) is 25.6 Å². The first-order chi connectivity index (χ1) is 11.2. The van der Waals surface area contributed by atoms with Crippen LogP contribution in [-0.4, -0.2) is 39.1 Å². The maximum atomic E-state index is 12.4. The molecule has 0 saturated heterocycles. The molecule has 8 nitrogen and oxygen atoms in total. The monoisotopic (exact) mass is 337 g/mol. The number of carbonyl (C=O) groups is 2. The van der Waals surface area contributed by atoms with E-state index in [0.29, 0.717) is 6.54 Å². The van der Waals surface area contributed by atoms with Crippen LogP contribution in [0.2, 0.25) is 0 Å². The van der Waals surface area contributed by atoms with Gasteiger partial charge in [0.2, 0.25) is 5.91 Å². The molecule has 2 amide bonds. The van der Waals surface area contributed by atoms with Gasteiger partial charge in [0.25, 0.3) is 0 Å². The van der Waals surface area contributed by atoms with E-state index in [9.17, 15) is 9.59 Å². The Kier molecular flexibility index (Phi) is 5.46. The molecule has 2 rings (SSSR count). The summed E-state index contributed by atoms with van der Waals surface area (Å²) in [6.07, 6.45) is 3.84. The minimum Gasteiger partial charge on any atom is -0.444 e. The normalized spacial score (nSPS) is 15.7. The Morgan fingerprint density at radius 3 is 2.62 bits per heavy atom. The van der Waals surface area contributed by atoms with Gasteiger partial charge in [-0.05, 0) is 40.0 Å². The van der Waals surface area contributed by atoms with Gasteiger partial charge in [0.15, 0.2) is 0 Å². The Hall–Kier alpha value is -2.12. The van der Waals surface area contributed by atoms with Gasteiger partial charge in [0.1, 0.15) is 11.3 Å². The maximum absolute atomic E-state index is 12.4. The summed E-state index contributed by atoms with van der Waals surface area (Å²) in [6, 6.07) is 0. The quantitative estimate of drug-likeness (QED) is 0.787. The van der Waals surface area contributed by atoms with E-state index >= 15 is 0 Å². The summed E-state index contributed by atoms with van der Waals surface area (Å²) in [7, 11) is 0. The average molecular weight is 337 g/mol. The Bertz CT molecular complexity index is 587. The predicted octanol–water partition coefficient (Wildman–Crippen LogP) is 1.61. The van der Waals surface area contributed by atoms with Crippen LogP contribution >= 0.6 is 0 Å². The van der Waals surface area contributed by atoms with Crippen LogP contribution in [0.5, 0.6) is 0 Å². The van der Waals surface area contributed by atoms with Gasteiger partial charge in [-0.25, -0.2) is 4.79 Å². The van der Waals surface area contributed by atoms with E-state index in [-0.39, 0.29) is 12.5 Å². The number of hydrogen-bond donors (Lipinski definition) is 2. The van der Waals surface area contributed by atoms with Crippen molar-refractivity contribution >= 4 is 12.0 Å². The number of nitrogens with one attached hydrogen (secondary N) is 2. The molecule has 0 bridgehead atoms. The highest BCUT2D eigenvalue weighted by atomic mass is 16.6. The summed E-state index contributed by atoms with van der Waals surface area (Å²) in [6.45, 7) is 8.92. The molecular weight excluding hydrogens is 310 g/mol. The van der Waals surface area contributed by atoms with E-state index in [1.165, 1.54) is 0 Å². The molecule has 1 heterocycles. The number of carbonyl (C=O) groups excluding carboxylic acids is 2. The number of hydrogen-bond acceptors (Lipinski definition) is 5. The van der Waals surface area contributed by atoms with Crippen LogP contribution in [0.15, 0.2) is 6.20 Å². The van der Waals surface area contributed by atoms with Gasteiger partial charge in [-0.2, -0.15) is 0 Å². The van der Waals surface area contributed by atoms with Crippen molar-refractivity contribution < 1.29 is 14.3 Å². The zero-order valence-corrected chi connectivity index (χ0v) is 14.9. The zero-order chi connectivity index (χ0) is 17.8. The maximum Gasteiger partial charge on any atom is 0.407 e. The molecule has 1 aromatic heterocycles. The van der Waals surface area contributed by atoms with Gasteiger partial charge in [-0.3, -0.25) is 9.48 Å². The minimum absolute atomic E-state index is 0.0661. The summed E-state index contributed by atoms with van der Waals surface area (Å²) in [4.78, 5) is 24.1. The Morgan fingerprint density at radius 2 is 2.04 bits per heavy atom. The fourth-order valence-electron chi connectivity index (χ4n) is 2.31. The number of nitrogens with zero attached hydrogens (tertiary/aromatic N) is 3. The van der Waals surface area contributed by atoms with E-state index in [1.807, 2.05) is 6.20 Å². The number of ether oxygens (including phenoxy) is 1. The molecule has 1 fully saturated rings. The van der Waals surface area contributed by atoms with Crippen LogP contribution < -0.4 is 10.6 Å². The summed E-state index contributed by atoms with van der Waals surface area (Å²) in [5.41, 5.74) is -0.336. The number of amides is 2. The van der Waals surface area contributed by atoms with Gasteiger partial charge >= 0.3 is 6.09 Å². The van der Waals surface area contributed by atoms with Crippen LogP contribution in [0.25, 0.3) is 0 Å². The highest BCUT2D eigenvalue weighted by Crippen LogP contribution is 2.45. The fraction of sp³-hybridized carbons (Fsp3) is 0.750. The van der Waals surface area contributed by atoms with Crippen molar-refractivity contribution in [3.8, 4) is 0 Å². The topological polar surface area (TPSA) is 98.1 Å². The van der Waals surface area contributed by atoms with E-state index in [4.69, 9.17) is 4.74 Å². The highest BCUT2D eigenvalue weighted by Gasteiger charge is 2.50. The zero-order valence-electron chi connectivity index (χ0n) is 14.9. The Morgan fingerprint density at radius 1 is 1.33 bits per heavy atom. The number of aromatic nitrogens is 3. The van der Waals surface area contributed by atoms with Gasteiger partial charge in [0.05, 0.1) is 18.2 Å². The number of aryl methyl sites for hydroxylation is 1. The molecule has 1 aliphatic rings. The third-order valence-corrected chi connectivity index (χ3v) is 3.77. The fourth-order valence-corrected chi connectivity index (χ4v) is 2.31. The molecule has 0 atom stereocenters. The van der Waals surface area contributed by atoms with Crippen LogP contribution in [0.1, 0.15) is 52.7 Å². The highest BCUT2D eigenvalue weighted by molar-refractivity contribution is 5.86. The molecule has 8 heteroatoms. The van der Waals surface area contributed by atoms with Crippen LogP contribution in [0, 0.1) is 5.41 Å². The molecule has 1 aliphatic carbocycles. The van der Waals surface area contributed by atoms with Gasteiger partial charge in [-0.15, -0.1) is 5.10 Å². The molecule has 0 aliphatic heterocycles. The summed E-state index contributed by atoms with van der Waals surface area (Å²) < 4.78 is 6.96. The summed E-state index contributed by atoms with van der Waals surface area (Å²) >= 11 is 0. The molecule has 0 radical (unpaired) electrons. The molecule has 134 valence electrons. The van der Waals surface area contributed by atoms with Gasteiger partial charge in [-0.1, -0.05) is 12.1 Å². The lowest BCUT2D eigenvalue weighted by molar-refractivity contribution is -0.126. The first-order valence-corrected chi connectivity index (χ1v) is 8.38. The molecule has 0 aromatic carbocycles. The van der Waals surface area contributed by atoms with Crippen molar-refractivity contribution in [2.45, 2.75) is 65.6 Å².